The minimum Gasteiger partial charge on any atom is -0.292 e. The Bertz CT molecular complexity index is 705. The van der Waals surface area contributed by atoms with E-state index in [4.69, 9.17) is 4.55 Å². The zero-order valence-electron chi connectivity index (χ0n) is 15.4. The van der Waals surface area contributed by atoms with Gasteiger partial charge >= 0.3 is 0 Å². The lowest BCUT2D eigenvalue weighted by Crippen LogP contribution is -2.18. The topological polar surface area (TPSA) is 66.7 Å². The summed E-state index contributed by atoms with van der Waals surface area (Å²) in [5, 5.41) is 0. The van der Waals surface area contributed by atoms with Crippen LogP contribution in [0.5, 0.6) is 0 Å². The van der Waals surface area contributed by atoms with Gasteiger partial charge in [-0.05, 0) is 43.3 Å². The first-order valence-corrected chi connectivity index (χ1v) is 10.2. The number of rotatable bonds is 8. The van der Waals surface area contributed by atoms with Crippen molar-refractivity contribution in [3.8, 4) is 0 Å². The fraction of sp³-hybridized carbons (Fsp3) is 0.450. The van der Waals surface area contributed by atoms with Gasteiger partial charge < -0.3 is 0 Å². The highest BCUT2D eigenvalue weighted by Crippen LogP contribution is 2.40. The van der Waals surface area contributed by atoms with Crippen molar-refractivity contribution in [2.24, 2.45) is 10.4 Å². The largest absolute Gasteiger partial charge is 0.292 e. The standard InChI is InChI=1S/C20H29NO3S/c1-18-12-11-14-20(2,3)19(18)13-9-7-5-4-6-8-10-15-21-16-17-25(22,23)24/h4-10,13,15H,11-12,14,16-17H2,1-3H3,(H,22,23,24)/b6-4+,7-5+,10-8+,13-9+,21-15?. The second kappa shape index (κ2) is 10.3. The average molecular weight is 364 g/mol. The molecule has 1 aliphatic rings. The Balaban J connectivity index is 2.39. The Labute approximate surface area is 152 Å². The predicted molar refractivity (Wildman–Crippen MR) is 107 cm³/mol. The molecule has 0 unspecified atom stereocenters. The molecule has 0 aromatic rings. The van der Waals surface area contributed by atoms with Gasteiger partial charge in [-0.25, -0.2) is 0 Å². The second-order valence-electron chi connectivity index (χ2n) is 6.79. The van der Waals surface area contributed by atoms with Gasteiger partial charge in [0, 0.05) is 6.21 Å². The highest BCUT2D eigenvalue weighted by molar-refractivity contribution is 7.85. The van der Waals surface area contributed by atoms with Gasteiger partial charge in [0.15, 0.2) is 0 Å². The van der Waals surface area contributed by atoms with Crippen molar-refractivity contribution >= 4 is 16.3 Å². The second-order valence-corrected chi connectivity index (χ2v) is 8.36. The van der Waals surface area contributed by atoms with Crippen LogP contribution in [0, 0.1) is 5.41 Å². The molecule has 0 aliphatic heterocycles. The molecular weight excluding hydrogens is 334 g/mol. The molecule has 138 valence electrons. The van der Waals surface area contributed by atoms with E-state index in [9.17, 15) is 8.42 Å². The quantitative estimate of drug-likeness (QED) is 0.386. The number of aliphatic imine (C=N–C) groups is 1. The molecule has 0 spiro atoms. The van der Waals surface area contributed by atoms with E-state index in [2.05, 4.69) is 37.9 Å². The maximum Gasteiger partial charge on any atom is 0.266 e. The van der Waals surface area contributed by atoms with Crippen molar-refractivity contribution in [3.05, 3.63) is 59.8 Å². The van der Waals surface area contributed by atoms with Crippen molar-refractivity contribution < 1.29 is 13.0 Å². The van der Waals surface area contributed by atoms with Crippen LogP contribution < -0.4 is 0 Å². The summed E-state index contributed by atoms with van der Waals surface area (Å²) in [6, 6.07) is 0. The molecule has 0 aromatic carbocycles. The fourth-order valence-electron chi connectivity index (χ4n) is 2.84. The Kier molecular flexibility index (Phi) is 8.79. The van der Waals surface area contributed by atoms with Crippen molar-refractivity contribution in [1.29, 1.82) is 0 Å². The van der Waals surface area contributed by atoms with Crippen LogP contribution in [0.25, 0.3) is 0 Å². The molecule has 0 bridgehead atoms. The molecule has 0 atom stereocenters. The molecule has 5 heteroatoms. The van der Waals surface area contributed by atoms with Crippen LogP contribution in [0.15, 0.2) is 64.7 Å². The Morgan fingerprint density at radius 3 is 2.28 bits per heavy atom. The SMILES string of the molecule is CC1=C(/C=C/C=C/C=C/C=C/C=NCCS(=O)(=O)O)C(C)(C)CCC1. The van der Waals surface area contributed by atoms with Crippen LogP contribution in [-0.2, 0) is 10.1 Å². The minimum atomic E-state index is -3.92. The molecule has 4 nitrogen and oxygen atoms in total. The lowest BCUT2D eigenvalue weighted by Gasteiger charge is -2.32. The first kappa shape index (κ1) is 21.3. The average Bonchev–Trinajstić information content (AvgIpc) is 2.49. The molecule has 1 aliphatic carbocycles. The van der Waals surface area contributed by atoms with E-state index >= 15 is 0 Å². The van der Waals surface area contributed by atoms with Gasteiger partial charge in [-0.2, -0.15) is 8.42 Å². The summed E-state index contributed by atoms with van der Waals surface area (Å²) in [5.41, 5.74) is 3.21. The van der Waals surface area contributed by atoms with Gasteiger partial charge in [0.2, 0.25) is 0 Å². The molecule has 0 fully saturated rings. The maximum absolute atomic E-state index is 10.5. The van der Waals surface area contributed by atoms with E-state index in [-0.39, 0.29) is 17.7 Å². The van der Waals surface area contributed by atoms with Crippen molar-refractivity contribution in [1.82, 2.24) is 0 Å². The number of hydrogen-bond donors (Lipinski definition) is 1. The van der Waals surface area contributed by atoms with Crippen molar-refractivity contribution in [2.45, 2.75) is 40.0 Å². The molecule has 0 amide bonds. The zero-order valence-corrected chi connectivity index (χ0v) is 16.2. The summed E-state index contributed by atoms with van der Waals surface area (Å²) in [6.45, 7) is 6.90. The van der Waals surface area contributed by atoms with Crippen LogP contribution in [0.3, 0.4) is 0 Å². The molecule has 1 rings (SSSR count). The summed E-state index contributed by atoms with van der Waals surface area (Å²) < 4.78 is 29.5. The molecule has 0 radical (unpaired) electrons. The van der Waals surface area contributed by atoms with Crippen molar-refractivity contribution in [2.75, 3.05) is 12.3 Å². The normalized spacial score (nSPS) is 19.5. The van der Waals surface area contributed by atoms with E-state index in [1.165, 1.54) is 36.6 Å². The molecule has 1 N–H and O–H groups in total. The van der Waals surface area contributed by atoms with Gasteiger partial charge in [0.05, 0.1) is 12.3 Å². The molecule has 0 saturated carbocycles. The summed E-state index contributed by atoms with van der Waals surface area (Å²) in [6.07, 6.45) is 20.8. The highest BCUT2D eigenvalue weighted by atomic mass is 32.2. The van der Waals surface area contributed by atoms with Gasteiger partial charge in [-0.15, -0.1) is 0 Å². The number of hydrogen-bond acceptors (Lipinski definition) is 3. The Morgan fingerprint density at radius 1 is 1.08 bits per heavy atom. The smallest absolute Gasteiger partial charge is 0.266 e. The molecular formula is C20H29NO3S. The Hall–Kier alpha value is -1.72. The van der Waals surface area contributed by atoms with E-state index in [0.717, 1.165) is 0 Å². The summed E-state index contributed by atoms with van der Waals surface area (Å²) in [4.78, 5) is 3.86. The number of allylic oxidation sites excluding steroid dienone is 10. The first-order valence-electron chi connectivity index (χ1n) is 8.54. The van der Waals surface area contributed by atoms with E-state index in [1.807, 2.05) is 30.4 Å². The molecule has 25 heavy (non-hydrogen) atoms. The zero-order chi connectivity index (χ0) is 18.8. The van der Waals surface area contributed by atoms with Crippen LogP contribution in [0.1, 0.15) is 40.0 Å². The summed E-state index contributed by atoms with van der Waals surface area (Å²) in [7, 11) is -3.92. The summed E-state index contributed by atoms with van der Waals surface area (Å²) in [5.74, 6) is -0.352. The fourth-order valence-corrected chi connectivity index (χ4v) is 3.17. The highest BCUT2D eigenvalue weighted by Gasteiger charge is 2.26. The minimum absolute atomic E-state index is 0.0587. The van der Waals surface area contributed by atoms with Crippen LogP contribution in [0.4, 0.5) is 0 Å². The third-order valence-corrected chi connectivity index (χ3v) is 4.84. The van der Waals surface area contributed by atoms with Gasteiger partial charge in [0.25, 0.3) is 10.1 Å². The molecule has 0 heterocycles. The van der Waals surface area contributed by atoms with E-state index < -0.39 is 10.1 Å². The van der Waals surface area contributed by atoms with Gasteiger partial charge in [-0.3, -0.25) is 9.55 Å². The van der Waals surface area contributed by atoms with Gasteiger partial charge in [0.1, 0.15) is 0 Å². The lowest BCUT2D eigenvalue weighted by atomic mass is 9.73. The number of nitrogens with zero attached hydrogens (tertiary/aromatic N) is 1. The van der Waals surface area contributed by atoms with E-state index in [1.54, 1.807) is 6.08 Å². The lowest BCUT2D eigenvalue weighted by molar-refractivity contribution is 0.377. The third-order valence-electron chi connectivity index (χ3n) is 4.14. The van der Waals surface area contributed by atoms with Crippen LogP contribution >= 0.6 is 0 Å². The van der Waals surface area contributed by atoms with Crippen molar-refractivity contribution in [3.63, 3.8) is 0 Å². The Morgan fingerprint density at radius 2 is 1.68 bits per heavy atom. The van der Waals surface area contributed by atoms with E-state index in [0.29, 0.717) is 0 Å². The first-order chi connectivity index (χ1) is 11.7. The third kappa shape index (κ3) is 9.37. The maximum atomic E-state index is 10.5. The van der Waals surface area contributed by atoms with Crippen LogP contribution in [0.2, 0.25) is 0 Å². The van der Waals surface area contributed by atoms with Crippen LogP contribution in [-0.4, -0.2) is 31.5 Å². The predicted octanol–water partition coefficient (Wildman–Crippen LogP) is 4.70. The molecule has 0 saturated heterocycles. The van der Waals surface area contributed by atoms with Gasteiger partial charge in [-0.1, -0.05) is 62.0 Å². The monoisotopic (exact) mass is 363 g/mol. The molecule has 0 aromatic heterocycles. The summed E-state index contributed by atoms with van der Waals surface area (Å²) >= 11 is 0.